The number of hydrogen-bond donors (Lipinski definition) is 0. The number of oxime groups is 1. The van der Waals surface area contributed by atoms with Crippen LogP contribution in [0.3, 0.4) is 0 Å². The van der Waals surface area contributed by atoms with Gasteiger partial charge in [0.25, 0.3) is 0 Å². The minimum absolute atomic E-state index is 0.281. The second kappa shape index (κ2) is 6.77. The molecule has 4 rings (SSSR count). The van der Waals surface area contributed by atoms with Crippen LogP contribution in [0.25, 0.3) is 0 Å². The fraction of sp³-hybridized carbons (Fsp3) is 0.0500. The Morgan fingerprint density at radius 1 is 0.920 bits per heavy atom. The molecular weight excluding hydrogens is 375 g/mol. The number of halogens is 1. The van der Waals surface area contributed by atoms with Gasteiger partial charge >= 0.3 is 7.05 Å². The molecule has 25 heavy (non-hydrogen) atoms. The Morgan fingerprint density at radius 2 is 1.72 bits per heavy atom. The second-order valence-electron chi connectivity index (χ2n) is 6.00. The summed E-state index contributed by atoms with van der Waals surface area (Å²) in [6, 6.07) is 26.7. The molecule has 0 saturated heterocycles. The molecule has 1 heterocycles. The quantitative estimate of drug-likeness (QED) is 0.621. The van der Waals surface area contributed by atoms with Gasteiger partial charge in [-0.1, -0.05) is 75.7 Å². The van der Waals surface area contributed by atoms with Gasteiger partial charge in [0.15, 0.2) is 5.84 Å². The lowest BCUT2D eigenvalue weighted by atomic mass is 9.71. The minimum Gasteiger partial charge on any atom is -0.432 e. The summed E-state index contributed by atoms with van der Waals surface area (Å²) in [7, 11) is -0.281. The highest BCUT2D eigenvalue weighted by molar-refractivity contribution is 9.10. The summed E-state index contributed by atoms with van der Waals surface area (Å²) in [6.45, 7) is 2.09. The van der Waals surface area contributed by atoms with Gasteiger partial charge in [0, 0.05) is 15.7 Å². The molecule has 0 saturated carbocycles. The fourth-order valence-electron chi connectivity index (χ4n) is 2.98. The first-order valence-corrected chi connectivity index (χ1v) is 8.92. The van der Waals surface area contributed by atoms with Crippen molar-refractivity contribution in [3.8, 4) is 0 Å². The van der Waals surface area contributed by atoms with E-state index in [1.807, 2.05) is 36.4 Å². The molecule has 1 aliphatic rings. The predicted molar refractivity (Wildman–Crippen MR) is 107 cm³/mol. The van der Waals surface area contributed by atoms with Crippen molar-refractivity contribution < 1.29 is 4.76 Å². The molecular formula is C20H16BBrN2O. The van der Waals surface area contributed by atoms with E-state index in [-0.39, 0.29) is 7.05 Å². The van der Waals surface area contributed by atoms with Crippen molar-refractivity contribution in [2.24, 2.45) is 5.16 Å². The number of hydrogen-bond acceptors (Lipinski definition) is 3. The number of rotatable bonds is 3. The average Bonchev–Trinajstić information content (AvgIpc) is 3.07. The van der Waals surface area contributed by atoms with Crippen LogP contribution in [0.15, 0.2) is 88.5 Å². The Balaban J connectivity index is 1.81. The molecule has 0 unspecified atom stereocenters. The van der Waals surface area contributed by atoms with Crippen molar-refractivity contribution >= 4 is 40.0 Å². The van der Waals surface area contributed by atoms with E-state index >= 15 is 0 Å². The first kappa shape index (κ1) is 16.0. The SMILES string of the molecule is Cc1cccc(N2B(c3ccccc3)ON=C2c2cccc(Br)c2)c1. The van der Waals surface area contributed by atoms with Crippen LogP contribution in [0.2, 0.25) is 0 Å². The Labute approximate surface area is 156 Å². The van der Waals surface area contributed by atoms with Crippen LogP contribution < -0.4 is 10.3 Å². The van der Waals surface area contributed by atoms with Gasteiger partial charge in [-0.15, -0.1) is 0 Å². The second-order valence-corrected chi connectivity index (χ2v) is 6.92. The lowest BCUT2D eigenvalue weighted by Crippen LogP contribution is -2.49. The third-order valence-electron chi connectivity index (χ3n) is 4.15. The summed E-state index contributed by atoms with van der Waals surface area (Å²) in [4.78, 5) is 2.14. The molecule has 0 aromatic heterocycles. The summed E-state index contributed by atoms with van der Waals surface area (Å²) in [5.74, 6) is 0.806. The summed E-state index contributed by atoms with van der Waals surface area (Å²) in [5, 5.41) is 4.41. The van der Waals surface area contributed by atoms with E-state index in [4.69, 9.17) is 4.76 Å². The van der Waals surface area contributed by atoms with Crippen LogP contribution in [0.1, 0.15) is 11.1 Å². The van der Waals surface area contributed by atoms with E-state index in [1.54, 1.807) is 0 Å². The van der Waals surface area contributed by atoms with Gasteiger partial charge in [-0.25, -0.2) is 0 Å². The van der Waals surface area contributed by atoms with Crippen LogP contribution in [0.4, 0.5) is 5.69 Å². The number of amidine groups is 1. The van der Waals surface area contributed by atoms with Gasteiger partial charge in [-0.2, -0.15) is 0 Å². The lowest BCUT2D eigenvalue weighted by Gasteiger charge is -2.23. The van der Waals surface area contributed by atoms with Gasteiger partial charge in [0.1, 0.15) is 0 Å². The highest BCUT2D eigenvalue weighted by atomic mass is 79.9. The molecule has 3 aromatic rings. The fourth-order valence-corrected chi connectivity index (χ4v) is 3.38. The van der Waals surface area contributed by atoms with Crippen molar-refractivity contribution in [3.63, 3.8) is 0 Å². The number of anilines is 1. The molecule has 0 amide bonds. The third kappa shape index (κ3) is 3.20. The molecule has 122 valence electrons. The van der Waals surface area contributed by atoms with Crippen molar-refractivity contribution in [1.29, 1.82) is 0 Å². The Bertz CT molecular complexity index is 930. The summed E-state index contributed by atoms with van der Waals surface area (Å²) < 4.78 is 6.87. The molecule has 3 nitrogen and oxygen atoms in total. The van der Waals surface area contributed by atoms with Gasteiger partial charge in [0.2, 0.25) is 0 Å². The van der Waals surface area contributed by atoms with E-state index < -0.39 is 0 Å². The van der Waals surface area contributed by atoms with Crippen LogP contribution in [-0.4, -0.2) is 12.9 Å². The van der Waals surface area contributed by atoms with E-state index in [1.165, 1.54) is 5.56 Å². The molecule has 0 bridgehead atoms. The first-order chi connectivity index (χ1) is 12.2. The van der Waals surface area contributed by atoms with E-state index in [0.29, 0.717) is 0 Å². The van der Waals surface area contributed by atoms with Gasteiger partial charge < -0.3 is 9.57 Å². The average molecular weight is 391 g/mol. The van der Waals surface area contributed by atoms with Crippen LogP contribution in [-0.2, 0) is 4.76 Å². The number of aryl methyl sites for hydroxylation is 1. The van der Waals surface area contributed by atoms with E-state index in [9.17, 15) is 0 Å². The predicted octanol–water partition coefficient (Wildman–Crippen LogP) is 4.35. The van der Waals surface area contributed by atoms with Crippen molar-refractivity contribution in [3.05, 3.63) is 94.5 Å². The molecule has 0 fully saturated rings. The van der Waals surface area contributed by atoms with E-state index in [0.717, 1.165) is 27.0 Å². The summed E-state index contributed by atoms with van der Waals surface area (Å²) in [5.41, 5.74) is 4.34. The maximum Gasteiger partial charge on any atom is 0.550 e. The zero-order valence-corrected chi connectivity index (χ0v) is 15.3. The monoisotopic (exact) mass is 390 g/mol. The van der Waals surface area contributed by atoms with Crippen molar-refractivity contribution in [1.82, 2.24) is 0 Å². The zero-order chi connectivity index (χ0) is 17.2. The topological polar surface area (TPSA) is 24.8 Å². The molecule has 5 heteroatoms. The molecule has 0 radical (unpaired) electrons. The van der Waals surface area contributed by atoms with Crippen LogP contribution in [0.5, 0.6) is 0 Å². The number of benzene rings is 3. The highest BCUT2D eigenvalue weighted by Gasteiger charge is 2.39. The van der Waals surface area contributed by atoms with Gasteiger partial charge in [-0.05, 0) is 42.2 Å². The Kier molecular flexibility index (Phi) is 4.32. The van der Waals surface area contributed by atoms with Crippen LogP contribution in [0, 0.1) is 6.92 Å². The molecule has 0 spiro atoms. The van der Waals surface area contributed by atoms with Crippen molar-refractivity contribution in [2.75, 3.05) is 4.81 Å². The zero-order valence-electron chi connectivity index (χ0n) is 13.8. The maximum absolute atomic E-state index is 5.85. The standard InChI is InChI=1S/C20H16BBrN2O/c1-15-7-5-12-19(13-15)24-20(16-8-6-11-18(22)14-16)23-25-21(24)17-9-3-2-4-10-17/h2-14H,1H3. The van der Waals surface area contributed by atoms with Crippen molar-refractivity contribution in [2.45, 2.75) is 6.92 Å². The summed E-state index contributed by atoms with van der Waals surface area (Å²) >= 11 is 3.54. The highest BCUT2D eigenvalue weighted by Crippen LogP contribution is 2.26. The smallest absolute Gasteiger partial charge is 0.432 e. The Morgan fingerprint density at radius 3 is 2.48 bits per heavy atom. The molecule has 0 N–H and O–H groups in total. The Hall–Kier alpha value is -2.53. The van der Waals surface area contributed by atoms with Gasteiger partial charge in [-0.3, -0.25) is 0 Å². The molecule has 3 aromatic carbocycles. The largest absolute Gasteiger partial charge is 0.550 e. The number of nitrogens with zero attached hydrogens (tertiary/aromatic N) is 2. The van der Waals surface area contributed by atoms with Crippen LogP contribution >= 0.6 is 15.9 Å². The normalized spacial score (nSPS) is 13.6. The first-order valence-electron chi connectivity index (χ1n) is 8.13. The molecule has 1 aliphatic heterocycles. The summed E-state index contributed by atoms with van der Waals surface area (Å²) in [6.07, 6.45) is 0. The minimum atomic E-state index is -0.281. The van der Waals surface area contributed by atoms with Gasteiger partial charge in [0.05, 0.1) is 0 Å². The molecule has 0 aliphatic carbocycles. The lowest BCUT2D eigenvalue weighted by molar-refractivity contribution is 0.367. The molecule has 0 atom stereocenters. The maximum atomic E-state index is 5.85. The third-order valence-corrected chi connectivity index (χ3v) is 4.64. The van der Waals surface area contributed by atoms with E-state index in [2.05, 4.69) is 75.3 Å².